The molecule has 10 atom stereocenters. The van der Waals surface area contributed by atoms with Gasteiger partial charge in [-0.2, -0.15) is 0 Å². The second kappa shape index (κ2) is 8.19. The summed E-state index contributed by atoms with van der Waals surface area (Å²) < 4.78 is 6.36. The largest absolute Gasteiger partial charge is 0.424 e. The molecule has 0 bridgehead atoms. The molecule has 5 aliphatic rings. The van der Waals surface area contributed by atoms with E-state index in [1.54, 1.807) is 0 Å². The van der Waals surface area contributed by atoms with E-state index >= 15 is 0 Å². The Hall–Kier alpha value is -0.123. The third kappa shape index (κ3) is 3.17. The predicted octanol–water partition coefficient (Wildman–Crippen LogP) is 7.15. The van der Waals surface area contributed by atoms with Gasteiger partial charge in [0.2, 0.25) is 0 Å². The van der Waals surface area contributed by atoms with Crippen LogP contribution in [0.4, 0.5) is 0 Å². The quantitative estimate of drug-likeness (QED) is 0.337. The summed E-state index contributed by atoms with van der Waals surface area (Å²) >= 11 is 0. The molecule has 1 N–H and O–H groups in total. The molecule has 34 heavy (non-hydrogen) atoms. The zero-order chi connectivity index (χ0) is 24.7. The van der Waals surface area contributed by atoms with E-state index in [-0.39, 0.29) is 21.3 Å². The molecule has 5 rings (SSSR count). The molecule has 0 spiro atoms. The summed E-state index contributed by atoms with van der Waals surface area (Å²) in [6.07, 6.45) is 13.0. The van der Waals surface area contributed by atoms with Gasteiger partial charge in [0.05, 0.1) is 6.10 Å². The number of allylic oxidation sites excluding steroid dienone is 1. The van der Waals surface area contributed by atoms with Gasteiger partial charge < -0.3 is 9.53 Å². The molecule has 5 aliphatic carbocycles. The van der Waals surface area contributed by atoms with Gasteiger partial charge in [0.15, 0.2) is 9.76 Å². The first-order chi connectivity index (χ1) is 15.9. The molecule has 0 aromatic heterocycles. The number of hydrogen-bond donors (Lipinski definition) is 1. The number of hydrogen-bond acceptors (Lipinski definition) is 2. The number of aliphatic hydroxyl groups is 1. The SMILES string of the molecule is C=C(C)[C@@H]1CC[C@]2(CO[SiH2]C)CC[C@]3(C)[C@H](CC[C@@H]4[C@@]5(C)CC[C@H](O)C(C)(C)[C@@H]5CC[C@]43C)[C@@H]12. The highest BCUT2D eigenvalue weighted by Crippen LogP contribution is 2.77. The van der Waals surface area contributed by atoms with Gasteiger partial charge in [-0.1, -0.05) is 53.3 Å². The molecule has 0 saturated heterocycles. The van der Waals surface area contributed by atoms with E-state index in [1.165, 1.54) is 63.4 Å². The van der Waals surface area contributed by atoms with E-state index in [0.29, 0.717) is 33.5 Å². The molecule has 0 aliphatic heterocycles. The van der Waals surface area contributed by atoms with Gasteiger partial charge >= 0.3 is 0 Å². The Morgan fingerprint density at radius 1 is 0.882 bits per heavy atom. The summed E-state index contributed by atoms with van der Waals surface area (Å²) in [4.78, 5) is 0. The lowest BCUT2D eigenvalue weighted by atomic mass is 9.32. The maximum Gasteiger partial charge on any atom is 0.158 e. The lowest BCUT2D eigenvalue weighted by Crippen LogP contribution is -2.66. The fourth-order valence-corrected chi connectivity index (χ4v) is 12.4. The average molecular weight is 487 g/mol. The first kappa shape index (κ1) is 25.5. The van der Waals surface area contributed by atoms with Crippen LogP contribution in [0.3, 0.4) is 0 Å². The van der Waals surface area contributed by atoms with E-state index in [1.807, 2.05) is 0 Å². The summed E-state index contributed by atoms with van der Waals surface area (Å²) in [6, 6.07) is 0. The molecular weight excluding hydrogens is 432 g/mol. The van der Waals surface area contributed by atoms with Crippen LogP contribution in [-0.4, -0.2) is 27.6 Å². The van der Waals surface area contributed by atoms with Crippen molar-refractivity contribution in [3.63, 3.8) is 0 Å². The van der Waals surface area contributed by atoms with Crippen LogP contribution in [0.25, 0.3) is 0 Å². The molecule has 0 radical (unpaired) electrons. The van der Waals surface area contributed by atoms with Crippen molar-refractivity contribution >= 4 is 9.76 Å². The van der Waals surface area contributed by atoms with Crippen LogP contribution in [0.2, 0.25) is 6.55 Å². The van der Waals surface area contributed by atoms with Crippen molar-refractivity contribution in [3.8, 4) is 0 Å². The van der Waals surface area contributed by atoms with Gasteiger partial charge in [0.25, 0.3) is 0 Å². The topological polar surface area (TPSA) is 29.5 Å². The lowest BCUT2D eigenvalue weighted by Gasteiger charge is -2.73. The first-order valence-corrected chi connectivity index (χ1v) is 16.8. The maximum absolute atomic E-state index is 11.0. The molecular formula is C31H54O2Si. The lowest BCUT2D eigenvalue weighted by molar-refractivity contribution is -0.249. The standard InChI is InChI=1S/C31H54O2Si/c1-20(2)21-11-16-31(19-33-34-8)18-17-29(6)22(26(21)31)9-10-24-28(5)14-13-25(32)27(3,4)23(28)12-15-30(24,29)7/h21-26,32H,1,9-19,34H2,2-8H3/t21-,22+,23-,24+,25-,26+,28-,29+,30+,31+/m0/s1. The highest BCUT2D eigenvalue weighted by atomic mass is 28.2. The van der Waals surface area contributed by atoms with Crippen LogP contribution in [-0.2, 0) is 4.43 Å². The highest BCUT2D eigenvalue weighted by Gasteiger charge is 2.70. The van der Waals surface area contributed by atoms with Gasteiger partial charge in [-0.15, -0.1) is 0 Å². The minimum atomic E-state index is -0.359. The number of rotatable bonds is 4. The third-order valence-electron chi connectivity index (χ3n) is 13.8. The maximum atomic E-state index is 11.0. The normalized spacial score (nSPS) is 54.2. The molecule has 2 nitrogen and oxygen atoms in total. The van der Waals surface area contributed by atoms with E-state index in [0.717, 1.165) is 30.8 Å². The first-order valence-electron chi connectivity index (χ1n) is 14.8. The Kier molecular flexibility index (Phi) is 6.15. The monoisotopic (exact) mass is 486 g/mol. The smallest absolute Gasteiger partial charge is 0.158 e. The van der Waals surface area contributed by atoms with Crippen molar-refractivity contribution in [1.82, 2.24) is 0 Å². The minimum Gasteiger partial charge on any atom is -0.424 e. The summed E-state index contributed by atoms with van der Waals surface area (Å²) in [5.74, 6) is 3.74. The van der Waals surface area contributed by atoms with Crippen LogP contribution in [0.5, 0.6) is 0 Å². The van der Waals surface area contributed by atoms with E-state index in [2.05, 4.69) is 54.7 Å². The zero-order valence-electron chi connectivity index (χ0n) is 23.5. The Morgan fingerprint density at radius 2 is 1.62 bits per heavy atom. The van der Waals surface area contributed by atoms with Crippen LogP contribution in [0, 0.1) is 56.7 Å². The second-order valence-corrected chi connectivity index (χ2v) is 16.0. The van der Waals surface area contributed by atoms with Crippen LogP contribution in [0.15, 0.2) is 12.2 Å². The van der Waals surface area contributed by atoms with Crippen molar-refractivity contribution in [2.75, 3.05) is 6.61 Å². The molecule has 0 heterocycles. The van der Waals surface area contributed by atoms with Gasteiger partial charge in [-0.25, -0.2) is 0 Å². The van der Waals surface area contributed by atoms with E-state index < -0.39 is 0 Å². The zero-order valence-corrected chi connectivity index (χ0v) is 24.9. The molecule has 5 saturated carbocycles. The van der Waals surface area contributed by atoms with Gasteiger partial charge in [0.1, 0.15) is 0 Å². The van der Waals surface area contributed by atoms with Crippen molar-refractivity contribution in [1.29, 1.82) is 0 Å². The molecule has 0 aromatic rings. The second-order valence-electron chi connectivity index (χ2n) is 15.1. The minimum absolute atomic E-state index is 0.0473. The molecule has 0 aromatic carbocycles. The molecule has 0 amide bonds. The van der Waals surface area contributed by atoms with Gasteiger partial charge in [-0.3, -0.25) is 0 Å². The van der Waals surface area contributed by atoms with Crippen molar-refractivity contribution in [2.45, 2.75) is 118 Å². The number of aliphatic hydroxyl groups excluding tert-OH is 1. The summed E-state index contributed by atoms with van der Waals surface area (Å²) in [5.41, 5.74) is 3.10. The van der Waals surface area contributed by atoms with Crippen molar-refractivity contribution in [3.05, 3.63) is 12.2 Å². The Labute approximate surface area is 213 Å². The van der Waals surface area contributed by atoms with Crippen molar-refractivity contribution < 1.29 is 9.53 Å². The van der Waals surface area contributed by atoms with Crippen LogP contribution < -0.4 is 0 Å². The molecule has 194 valence electrons. The fourth-order valence-electron chi connectivity index (χ4n) is 11.8. The van der Waals surface area contributed by atoms with Gasteiger partial charge in [-0.05, 0) is 128 Å². The average Bonchev–Trinajstić information content (AvgIpc) is 3.16. The predicted molar refractivity (Wildman–Crippen MR) is 145 cm³/mol. The fraction of sp³-hybridized carbons (Fsp3) is 0.935. The summed E-state index contributed by atoms with van der Waals surface area (Å²) in [7, 11) is -0.359. The Bertz CT molecular complexity index is 822. The Morgan fingerprint density at radius 3 is 2.29 bits per heavy atom. The Balaban J connectivity index is 1.53. The van der Waals surface area contributed by atoms with Crippen LogP contribution in [0.1, 0.15) is 106 Å². The van der Waals surface area contributed by atoms with Crippen LogP contribution >= 0.6 is 0 Å². The molecule has 3 heteroatoms. The highest BCUT2D eigenvalue weighted by molar-refractivity contribution is 6.24. The van der Waals surface area contributed by atoms with Crippen molar-refractivity contribution in [2.24, 2.45) is 56.7 Å². The summed E-state index contributed by atoms with van der Waals surface area (Å²) in [6.45, 7) is 23.0. The molecule has 5 fully saturated rings. The third-order valence-corrected chi connectivity index (χ3v) is 14.4. The van der Waals surface area contributed by atoms with Gasteiger partial charge in [0, 0.05) is 6.61 Å². The molecule has 0 unspecified atom stereocenters. The van der Waals surface area contributed by atoms with E-state index in [9.17, 15) is 5.11 Å². The number of fused-ring (bicyclic) bond motifs is 7. The summed E-state index contributed by atoms with van der Waals surface area (Å²) in [5, 5.41) is 11.0. The van der Waals surface area contributed by atoms with E-state index in [4.69, 9.17) is 4.43 Å².